The molecule has 0 atom stereocenters. The van der Waals surface area contributed by atoms with Crippen LogP contribution in [0.25, 0.3) is 10.2 Å². The van der Waals surface area contributed by atoms with Gasteiger partial charge in [-0.05, 0) is 24.3 Å². The number of methoxy groups -OCH3 is 2. The van der Waals surface area contributed by atoms with E-state index < -0.39 is 12.3 Å². The molecule has 0 spiro atoms. The summed E-state index contributed by atoms with van der Waals surface area (Å²) in [5.41, 5.74) is 0.699. The second kappa shape index (κ2) is 7.31. The zero-order chi connectivity index (χ0) is 19.6. The molecule has 3 aromatic rings. The first-order valence-corrected chi connectivity index (χ1v) is 8.30. The monoisotopic (exact) mass is 398 g/mol. The van der Waals surface area contributed by atoms with Gasteiger partial charge >= 0.3 is 6.36 Å². The van der Waals surface area contributed by atoms with Gasteiger partial charge in [0.1, 0.15) is 17.2 Å². The average Bonchev–Trinajstić information content (AvgIpc) is 3.01. The number of nitrogens with zero attached hydrogens (tertiary/aromatic N) is 1. The van der Waals surface area contributed by atoms with Gasteiger partial charge in [-0.15, -0.1) is 13.2 Å². The zero-order valence-electron chi connectivity index (χ0n) is 14.1. The fourth-order valence-corrected chi connectivity index (χ4v) is 3.20. The van der Waals surface area contributed by atoms with Gasteiger partial charge in [0.2, 0.25) is 0 Å². The second-order valence-corrected chi connectivity index (χ2v) is 6.25. The number of thiazole rings is 1. The van der Waals surface area contributed by atoms with Crippen LogP contribution in [0, 0.1) is 0 Å². The Labute approximate surface area is 155 Å². The van der Waals surface area contributed by atoms with Crippen LogP contribution in [0.15, 0.2) is 36.4 Å². The minimum absolute atomic E-state index is 0.233. The summed E-state index contributed by atoms with van der Waals surface area (Å²) in [6.07, 6.45) is -4.78. The molecule has 1 amide bonds. The third-order valence-electron chi connectivity index (χ3n) is 3.47. The van der Waals surface area contributed by atoms with Crippen molar-refractivity contribution in [1.82, 2.24) is 4.98 Å². The van der Waals surface area contributed by atoms with Gasteiger partial charge in [-0.1, -0.05) is 11.3 Å². The van der Waals surface area contributed by atoms with E-state index in [4.69, 9.17) is 9.47 Å². The Morgan fingerprint density at radius 3 is 2.48 bits per heavy atom. The van der Waals surface area contributed by atoms with Crippen LogP contribution in [0.4, 0.5) is 18.3 Å². The Bertz CT molecular complexity index is 988. The molecule has 142 valence electrons. The molecule has 1 heterocycles. The van der Waals surface area contributed by atoms with Crippen molar-refractivity contribution in [2.75, 3.05) is 19.5 Å². The Balaban J connectivity index is 1.83. The molecular formula is C17H13F3N2O4S. The van der Waals surface area contributed by atoms with Crippen LogP contribution in [-0.2, 0) is 0 Å². The van der Waals surface area contributed by atoms with Crippen LogP contribution in [0.5, 0.6) is 17.2 Å². The number of halogens is 3. The van der Waals surface area contributed by atoms with Gasteiger partial charge in [0.25, 0.3) is 5.91 Å². The minimum Gasteiger partial charge on any atom is -0.497 e. The van der Waals surface area contributed by atoms with Gasteiger partial charge in [-0.3, -0.25) is 10.1 Å². The SMILES string of the molecule is COc1ccc(C(=O)Nc2nc3ccc(OC(F)(F)F)cc3s2)c(OC)c1. The fraction of sp³-hybridized carbons (Fsp3) is 0.176. The number of nitrogens with one attached hydrogen (secondary N) is 1. The van der Waals surface area contributed by atoms with Crippen molar-refractivity contribution in [3.05, 3.63) is 42.0 Å². The number of hydrogen-bond donors (Lipinski definition) is 1. The molecule has 0 aliphatic rings. The van der Waals surface area contributed by atoms with Crippen molar-refractivity contribution in [1.29, 1.82) is 0 Å². The maximum atomic E-state index is 12.5. The normalized spacial score (nSPS) is 11.3. The Morgan fingerprint density at radius 2 is 1.81 bits per heavy atom. The van der Waals surface area contributed by atoms with Gasteiger partial charge in [0.05, 0.1) is 30.0 Å². The quantitative estimate of drug-likeness (QED) is 0.687. The molecule has 0 unspecified atom stereocenters. The lowest BCUT2D eigenvalue weighted by molar-refractivity contribution is -0.274. The highest BCUT2D eigenvalue weighted by molar-refractivity contribution is 7.22. The molecule has 6 nitrogen and oxygen atoms in total. The highest BCUT2D eigenvalue weighted by Gasteiger charge is 2.31. The van der Waals surface area contributed by atoms with Gasteiger partial charge in [0, 0.05) is 12.1 Å². The van der Waals surface area contributed by atoms with E-state index in [2.05, 4.69) is 15.0 Å². The van der Waals surface area contributed by atoms with Crippen LogP contribution >= 0.6 is 11.3 Å². The molecule has 0 aliphatic carbocycles. The number of benzene rings is 2. The van der Waals surface area contributed by atoms with Gasteiger partial charge in [0.15, 0.2) is 5.13 Å². The molecule has 0 aliphatic heterocycles. The van der Waals surface area contributed by atoms with Gasteiger partial charge < -0.3 is 14.2 Å². The molecule has 1 aromatic heterocycles. The summed E-state index contributed by atoms with van der Waals surface area (Å²) in [6.45, 7) is 0. The number of fused-ring (bicyclic) bond motifs is 1. The van der Waals surface area contributed by atoms with Crippen molar-refractivity contribution in [2.45, 2.75) is 6.36 Å². The van der Waals surface area contributed by atoms with E-state index in [9.17, 15) is 18.0 Å². The number of hydrogen-bond acceptors (Lipinski definition) is 6. The van der Waals surface area contributed by atoms with Crippen molar-refractivity contribution >= 4 is 32.6 Å². The average molecular weight is 398 g/mol. The summed E-state index contributed by atoms with van der Waals surface area (Å²) >= 11 is 1.03. The van der Waals surface area contributed by atoms with Gasteiger partial charge in [-0.25, -0.2) is 4.98 Å². The van der Waals surface area contributed by atoms with E-state index in [-0.39, 0.29) is 16.4 Å². The predicted molar refractivity (Wildman–Crippen MR) is 93.8 cm³/mol. The standard InChI is InChI=1S/C17H13F3N2O4S/c1-24-9-3-5-11(13(7-9)25-2)15(23)22-16-21-12-6-4-10(8-14(12)27-16)26-17(18,19)20/h3-8H,1-2H3,(H,21,22,23). The summed E-state index contributed by atoms with van der Waals surface area (Å²) in [7, 11) is 2.91. The molecule has 3 rings (SSSR count). The molecule has 0 bridgehead atoms. The Kier molecular flexibility index (Phi) is 5.08. The number of anilines is 1. The lowest BCUT2D eigenvalue weighted by atomic mass is 10.2. The topological polar surface area (TPSA) is 69.7 Å². The maximum Gasteiger partial charge on any atom is 0.573 e. The lowest BCUT2D eigenvalue weighted by Gasteiger charge is -2.09. The molecule has 0 saturated carbocycles. The predicted octanol–water partition coefficient (Wildman–Crippen LogP) is 4.46. The van der Waals surface area contributed by atoms with Crippen LogP contribution in [0.2, 0.25) is 0 Å². The second-order valence-electron chi connectivity index (χ2n) is 5.22. The third-order valence-corrected chi connectivity index (χ3v) is 4.40. The van der Waals surface area contributed by atoms with E-state index in [1.165, 1.54) is 32.4 Å². The maximum absolute atomic E-state index is 12.5. The number of alkyl halides is 3. The van der Waals surface area contributed by atoms with Crippen LogP contribution < -0.4 is 19.5 Å². The number of aromatic nitrogens is 1. The van der Waals surface area contributed by atoms with Crippen LogP contribution in [0.1, 0.15) is 10.4 Å². The highest BCUT2D eigenvalue weighted by atomic mass is 32.1. The highest BCUT2D eigenvalue weighted by Crippen LogP contribution is 2.32. The number of ether oxygens (including phenoxy) is 3. The third kappa shape index (κ3) is 4.40. The summed E-state index contributed by atoms with van der Waals surface area (Å²) < 4.78 is 51.6. The smallest absolute Gasteiger partial charge is 0.497 e. The summed E-state index contributed by atoms with van der Waals surface area (Å²) in [5.74, 6) is 0.0167. The van der Waals surface area contributed by atoms with Gasteiger partial charge in [-0.2, -0.15) is 0 Å². The number of rotatable bonds is 5. The largest absolute Gasteiger partial charge is 0.573 e. The lowest BCUT2D eigenvalue weighted by Crippen LogP contribution is -2.16. The first-order valence-electron chi connectivity index (χ1n) is 7.49. The van der Waals surface area contributed by atoms with Crippen LogP contribution in [0.3, 0.4) is 0 Å². The molecule has 27 heavy (non-hydrogen) atoms. The van der Waals surface area contributed by atoms with Crippen LogP contribution in [-0.4, -0.2) is 31.5 Å². The molecule has 0 saturated heterocycles. The summed E-state index contributed by atoms with van der Waals surface area (Å²) in [6, 6.07) is 8.47. The van der Waals surface area contributed by atoms with E-state index in [0.29, 0.717) is 21.7 Å². The minimum atomic E-state index is -4.78. The van der Waals surface area contributed by atoms with E-state index in [0.717, 1.165) is 17.4 Å². The molecule has 1 N–H and O–H groups in total. The summed E-state index contributed by atoms with van der Waals surface area (Å²) in [4.78, 5) is 16.7. The zero-order valence-corrected chi connectivity index (χ0v) is 14.9. The van der Waals surface area contributed by atoms with Crippen molar-refractivity contribution in [2.24, 2.45) is 0 Å². The van der Waals surface area contributed by atoms with Crippen molar-refractivity contribution in [3.63, 3.8) is 0 Å². The molecule has 0 fully saturated rings. The van der Waals surface area contributed by atoms with Crippen molar-refractivity contribution in [3.8, 4) is 17.2 Å². The molecule has 10 heteroatoms. The number of carbonyl (C=O) groups excluding carboxylic acids is 1. The van der Waals surface area contributed by atoms with Crippen molar-refractivity contribution < 1.29 is 32.2 Å². The number of carbonyl (C=O) groups is 1. The molecule has 0 radical (unpaired) electrons. The molecular weight excluding hydrogens is 385 g/mol. The van der Waals surface area contributed by atoms with E-state index >= 15 is 0 Å². The molecule has 2 aromatic carbocycles. The first kappa shape index (κ1) is 18.8. The van der Waals surface area contributed by atoms with E-state index in [1.807, 2.05) is 0 Å². The fourth-order valence-electron chi connectivity index (χ4n) is 2.31. The Hall–Kier alpha value is -3.01. The first-order chi connectivity index (χ1) is 12.8. The Morgan fingerprint density at radius 1 is 1.07 bits per heavy atom. The number of amides is 1. The van der Waals surface area contributed by atoms with E-state index in [1.54, 1.807) is 12.1 Å². The summed E-state index contributed by atoms with van der Waals surface area (Å²) in [5, 5.41) is 2.85.